The van der Waals surface area contributed by atoms with E-state index in [4.69, 9.17) is 23.2 Å². The largest absolute Gasteiger partial charge is 0.302 e. The van der Waals surface area contributed by atoms with Crippen LogP contribution in [-0.4, -0.2) is 11.7 Å². The Hall–Kier alpha value is -0.600. The Morgan fingerprint density at radius 1 is 1.46 bits per heavy atom. The summed E-state index contributed by atoms with van der Waals surface area (Å²) < 4.78 is 12.8. The number of aldehydes is 1. The molecule has 0 aliphatic rings. The summed E-state index contributed by atoms with van der Waals surface area (Å²) in [6.45, 7) is 0. The van der Waals surface area contributed by atoms with Crippen molar-refractivity contribution in [3.8, 4) is 0 Å². The Morgan fingerprint density at radius 3 is 2.69 bits per heavy atom. The molecule has 0 spiro atoms. The Bertz CT molecular complexity index is 294. The van der Waals surface area contributed by atoms with Crippen LogP contribution in [0.3, 0.4) is 0 Å². The molecule has 0 saturated carbocycles. The van der Waals surface area contributed by atoms with Crippen molar-refractivity contribution in [2.45, 2.75) is 11.8 Å². The molecule has 1 atom stereocenters. The molecule has 1 nitrogen and oxygen atoms in total. The molecular formula is C9H7Cl2FO. The molecule has 70 valence electrons. The Kier molecular flexibility index (Phi) is 3.70. The zero-order valence-electron chi connectivity index (χ0n) is 6.64. The molecule has 0 fully saturated rings. The van der Waals surface area contributed by atoms with E-state index >= 15 is 0 Å². The van der Waals surface area contributed by atoms with Crippen LogP contribution in [0.15, 0.2) is 18.2 Å². The van der Waals surface area contributed by atoms with Crippen molar-refractivity contribution in [3.05, 3.63) is 34.6 Å². The zero-order valence-corrected chi connectivity index (χ0v) is 8.15. The summed E-state index contributed by atoms with van der Waals surface area (Å²) in [6.07, 6.45) is 0.906. The number of alkyl halides is 1. The van der Waals surface area contributed by atoms with Crippen LogP contribution in [0.25, 0.3) is 0 Å². The highest BCUT2D eigenvalue weighted by Gasteiger charge is 2.05. The maximum Gasteiger partial charge on any atom is 0.138 e. The van der Waals surface area contributed by atoms with Crippen LogP contribution in [0.2, 0.25) is 5.02 Å². The molecule has 0 aliphatic heterocycles. The zero-order chi connectivity index (χ0) is 9.84. The molecule has 0 radical (unpaired) electrons. The van der Waals surface area contributed by atoms with Crippen LogP contribution in [0, 0.1) is 5.82 Å². The number of carbonyl (C=O) groups excluding carboxylic acids is 1. The molecular weight excluding hydrogens is 214 g/mol. The van der Waals surface area contributed by atoms with Gasteiger partial charge in [0.1, 0.15) is 12.1 Å². The molecule has 1 unspecified atom stereocenters. The van der Waals surface area contributed by atoms with Crippen molar-refractivity contribution in [3.63, 3.8) is 0 Å². The predicted octanol–water partition coefficient (Wildman–Crippen LogP) is 2.83. The van der Waals surface area contributed by atoms with Crippen LogP contribution in [0.1, 0.15) is 5.56 Å². The minimum Gasteiger partial charge on any atom is -0.302 e. The van der Waals surface area contributed by atoms with E-state index in [0.29, 0.717) is 23.3 Å². The Balaban J connectivity index is 2.82. The first-order valence-electron chi connectivity index (χ1n) is 3.66. The second kappa shape index (κ2) is 4.58. The third-order valence-electron chi connectivity index (χ3n) is 1.50. The lowest BCUT2D eigenvalue weighted by atomic mass is 10.1. The fraction of sp³-hybridized carbons (Fsp3) is 0.222. The fourth-order valence-electron chi connectivity index (χ4n) is 1.00. The van der Waals surface area contributed by atoms with E-state index in [-0.39, 0.29) is 0 Å². The normalized spacial score (nSPS) is 12.5. The van der Waals surface area contributed by atoms with Gasteiger partial charge in [-0.15, -0.1) is 11.6 Å². The lowest BCUT2D eigenvalue weighted by Crippen LogP contribution is -2.04. The summed E-state index contributed by atoms with van der Waals surface area (Å²) in [6, 6.07) is 4.10. The first kappa shape index (κ1) is 10.5. The topological polar surface area (TPSA) is 17.1 Å². The van der Waals surface area contributed by atoms with Gasteiger partial charge in [0.05, 0.1) is 5.38 Å². The molecule has 0 aromatic heterocycles. The molecule has 0 bridgehead atoms. The number of hydrogen-bond acceptors (Lipinski definition) is 1. The van der Waals surface area contributed by atoms with Gasteiger partial charge in [0.2, 0.25) is 0 Å². The van der Waals surface area contributed by atoms with Crippen molar-refractivity contribution >= 4 is 29.5 Å². The lowest BCUT2D eigenvalue weighted by molar-refractivity contribution is -0.107. The standard InChI is InChI=1S/C9H7Cl2FO/c10-7-1-6(2-8(11)5-13)3-9(12)4-7/h1,3-5,8H,2H2. The number of halogens is 3. The van der Waals surface area contributed by atoms with E-state index in [0.717, 1.165) is 0 Å². The lowest BCUT2D eigenvalue weighted by Gasteiger charge is -2.02. The van der Waals surface area contributed by atoms with E-state index in [2.05, 4.69) is 0 Å². The second-order valence-electron chi connectivity index (χ2n) is 2.63. The van der Waals surface area contributed by atoms with Gasteiger partial charge < -0.3 is 4.79 Å². The molecule has 1 aromatic carbocycles. The summed E-state index contributed by atoms with van der Waals surface area (Å²) in [4.78, 5) is 10.2. The van der Waals surface area contributed by atoms with Gasteiger partial charge in [0, 0.05) is 5.02 Å². The van der Waals surface area contributed by atoms with Gasteiger partial charge in [-0.1, -0.05) is 11.6 Å². The molecule has 0 amide bonds. The maximum absolute atomic E-state index is 12.8. The highest BCUT2D eigenvalue weighted by Crippen LogP contribution is 2.16. The van der Waals surface area contributed by atoms with Crippen LogP contribution in [0.4, 0.5) is 4.39 Å². The average Bonchev–Trinajstić information content (AvgIpc) is 2.02. The van der Waals surface area contributed by atoms with Crippen molar-refractivity contribution < 1.29 is 9.18 Å². The monoisotopic (exact) mass is 220 g/mol. The number of hydrogen-bond donors (Lipinski definition) is 0. The van der Waals surface area contributed by atoms with Gasteiger partial charge >= 0.3 is 0 Å². The van der Waals surface area contributed by atoms with E-state index in [1.807, 2.05) is 0 Å². The smallest absolute Gasteiger partial charge is 0.138 e. The summed E-state index contributed by atoms with van der Waals surface area (Å²) in [5, 5.41) is -0.317. The fourth-order valence-corrected chi connectivity index (χ4v) is 1.42. The van der Waals surface area contributed by atoms with Gasteiger partial charge in [-0.25, -0.2) is 4.39 Å². The van der Waals surface area contributed by atoms with Crippen LogP contribution >= 0.6 is 23.2 Å². The molecule has 1 aromatic rings. The molecule has 0 saturated heterocycles. The van der Waals surface area contributed by atoms with Gasteiger partial charge in [0.15, 0.2) is 0 Å². The van der Waals surface area contributed by atoms with Crippen LogP contribution < -0.4 is 0 Å². The molecule has 0 aliphatic carbocycles. The molecule has 0 N–H and O–H groups in total. The average molecular weight is 221 g/mol. The van der Waals surface area contributed by atoms with Crippen LogP contribution in [-0.2, 0) is 11.2 Å². The number of carbonyl (C=O) groups is 1. The number of benzene rings is 1. The summed E-state index contributed by atoms with van der Waals surface area (Å²) >= 11 is 11.2. The van der Waals surface area contributed by atoms with Gasteiger partial charge in [0.25, 0.3) is 0 Å². The summed E-state index contributed by atoms with van der Waals surface area (Å²) in [7, 11) is 0. The third-order valence-corrected chi connectivity index (χ3v) is 1.98. The quantitative estimate of drug-likeness (QED) is 0.566. The molecule has 4 heteroatoms. The maximum atomic E-state index is 12.8. The molecule has 0 heterocycles. The van der Waals surface area contributed by atoms with E-state index in [1.165, 1.54) is 12.1 Å². The first-order valence-corrected chi connectivity index (χ1v) is 4.47. The van der Waals surface area contributed by atoms with Gasteiger partial charge in [-0.3, -0.25) is 0 Å². The molecule has 1 rings (SSSR count). The van der Waals surface area contributed by atoms with Gasteiger partial charge in [-0.05, 0) is 30.2 Å². The van der Waals surface area contributed by atoms with Crippen molar-refractivity contribution in [1.29, 1.82) is 0 Å². The van der Waals surface area contributed by atoms with Crippen molar-refractivity contribution in [2.75, 3.05) is 0 Å². The molecule has 13 heavy (non-hydrogen) atoms. The second-order valence-corrected chi connectivity index (χ2v) is 3.63. The van der Waals surface area contributed by atoms with Crippen molar-refractivity contribution in [1.82, 2.24) is 0 Å². The SMILES string of the molecule is O=CC(Cl)Cc1cc(F)cc(Cl)c1. The van der Waals surface area contributed by atoms with Gasteiger partial charge in [-0.2, -0.15) is 0 Å². The van der Waals surface area contributed by atoms with E-state index in [1.54, 1.807) is 6.07 Å². The minimum absolute atomic E-state index is 0.294. The summed E-state index contributed by atoms with van der Waals surface area (Å²) in [5.74, 6) is -0.419. The van der Waals surface area contributed by atoms with E-state index in [9.17, 15) is 9.18 Å². The highest BCUT2D eigenvalue weighted by molar-refractivity contribution is 6.30. The Morgan fingerprint density at radius 2 is 2.15 bits per heavy atom. The van der Waals surface area contributed by atoms with E-state index < -0.39 is 11.2 Å². The minimum atomic E-state index is -0.627. The third kappa shape index (κ3) is 3.33. The first-order chi connectivity index (χ1) is 6.11. The van der Waals surface area contributed by atoms with Crippen LogP contribution in [0.5, 0.6) is 0 Å². The van der Waals surface area contributed by atoms with Crippen molar-refractivity contribution in [2.24, 2.45) is 0 Å². The highest BCUT2D eigenvalue weighted by atomic mass is 35.5. The predicted molar refractivity (Wildman–Crippen MR) is 50.8 cm³/mol. The number of rotatable bonds is 3. The summed E-state index contributed by atoms with van der Waals surface area (Å²) in [5.41, 5.74) is 0.622. The Labute approximate surface area is 85.5 Å².